The molecular weight excluding hydrogens is 500 g/mol. The highest BCUT2D eigenvalue weighted by Gasteiger charge is 2.51. The van der Waals surface area contributed by atoms with E-state index in [2.05, 4.69) is 31.2 Å². The van der Waals surface area contributed by atoms with Crippen LogP contribution in [0, 0.1) is 10.1 Å². The van der Waals surface area contributed by atoms with E-state index < -0.39 is 10.5 Å². The van der Waals surface area contributed by atoms with Gasteiger partial charge in [0, 0.05) is 29.3 Å². The highest BCUT2D eigenvalue weighted by molar-refractivity contribution is 6.30. The Morgan fingerprint density at radius 3 is 2.16 bits per heavy atom. The second-order valence-corrected chi connectivity index (χ2v) is 9.83. The Labute approximate surface area is 226 Å². The number of hydrogen-bond acceptors (Lipinski definition) is 4. The summed E-state index contributed by atoms with van der Waals surface area (Å²) in [6.07, 6.45) is 0.970. The van der Waals surface area contributed by atoms with Crippen molar-refractivity contribution in [2.45, 2.75) is 32.0 Å². The first-order chi connectivity index (χ1) is 18.4. The van der Waals surface area contributed by atoms with E-state index in [4.69, 9.17) is 16.3 Å². The van der Waals surface area contributed by atoms with E-state index in [1.807, 2.05) is 53.4 Å². The SMILES string of the molecule is CCc1ccc(COCC2(c3ccc(Cl)cc3)c3ccccc3C(=O)N2Cc2ccc([N+](=O)[O-])cc2)cc1. The Bertz CT molecular complexity index is 1450. The second kappa shape index (κ2) is 10.8. The van der Waals surface area contributed by atoms with E-state index >= 15 is 0 Å². The van der Waals surface area contributed by atoms with Crippen LogP contribution in [-0.2, 0) is 29.8 Å². The molecule has 0 aliphatic carbocycles. The number of ether oxygens (including phenoxy) is 1. The number of non-ortho nitro benzene ring substituents is 1. The zero-order chi connectivity index (χ0) is 26.7. The predicted molar refractivity (Wildman–Crippen MR) is 147 cm³/mol. The summed E-state index contributed by atoms with van der Waals surface area (Å²) in [6.45, 7) is 2.99. The lowest BCUT2D eigenvalue weighted by Gasteiger charge is -2.40. The molecule has 0 N–H and O–H groups in total. The molecule has 0 bridgehead atoms. The van der Waals surface area contributed by atoms with Crippen molar-refractivity contribution in [2.75, 3.05) is 6.61 Å². The number of carbonyl (C=O) groups is 1. The predicted octanol–water partition coefficient (Wildman–Crippen LogP) is 6.93. The van der Waals surface area contributed by atoms with Crippen molar-refractivity contribution in [3.8, 4) is 0 Å². The first kappa shape index (κ1) is 25.6. The molecule has 1 heterocycles. The Hall–Kier alpha value is -4.00. The minimum absolute atomic E-state index is 0.00572. The van der Waals surface area contributed by atoms with E-state index in [1.54, 1.807) is 12.1 Å². The van der Waals surface area contributed by atoms with E-state index in [0.29, 0.717) is 17.2 Å². The molecule has 0 spiro atoms. The molecule has 0 saturated carbocycles. The summed E-state index contributed by atoms with van der Waals surface area (Å²) in [5, 5.41) is 11.8. The van der Waals surface area contributed by atoms with Crippen molar-refractivity contribution in [2.24, 2.45) is 0 Å². The van der Waals surface area contributed by atoms with E-state index in [0.717, 1.165) is 28.7 Å². The summed E-state index contributed by atoms with van der Waals surface area (Å²) in [5.41, 5.74) is 4.53. The van der Waals surface area contributed by atoms with Crippen LogP contribution in [0.2, 0.25) is 5.02 Å². The maximum atomic E-state index is 13.9. The zero-order valence-electron chi connectivity index (χ0n) is 21.0. The van der Waals surface area contributed by atoms with Crippen LogP contribution < -0.4 is 0 Å². The number of aryl methyl sites for hydroxylation is 1. The van der Waals surface area contributed by atoms with Crippen molar-refractivity contribution in [1.82, 2.24) is 4.90 Å². The van der Waals surface area contributed by atoms with Crippen molar-refractivity contribution in [1.29, 1.82) is 0 Å². The Morgan fingerprint density at radius 2 is 1.50 bits per heavy atom. The topological polar surface area (TPSA) is 72.7 Å². The third kappa shape index (κ3) is 4.80. The van der Waals surface area contributed by atoms with Gasteiger partial charge in [0.15, 0.2) is 0 Å². The van der Waals surface area contributed by atoms with Crippen molar-refractivity contribution < 1.29 is 14.5 Å². The lowest BCUT2D eigenvalue weighted by molar-refractivity contribution is -0.384. The molecule has 0 fully saturated rings. The molecular formula is C31H27ClN2O4. The molecule has 7 heteroatoms. The van der Waals surface area contributed by atoms with Gasteiger partial charge in [-0.2, -0.15) is 0 Å². The fourth-order valence-electron chi connectivity index (χ4n) is 5.07. The van der Waals surface area contributed by atoms with Gasteiger partial charge in [-0.15, -0.1) is 0 Å². The van der Waals surface area contributed by atoms with Crippen molar-refractivity contribution in [3.63, 3.8) is 0 Å². The molecule has 192 valence electrons. The molecule has 0 saturated heterocycles. The molecule has 38 heavy (non-hydrogen) atoms. The van der Waals surface area contributed by atoms with Crippen LogP contribution in [0.4, 0.5) is 5.69 Å². The van der Waals surface area contributed by atoms with Gasteiger partial charge in [-0.3, -0.25) is 14.9 Å². The maximum absolute atomic E-state index is 13.9. The lowest BCUT2D eigenvalue weighted by atomic mass is 9.83. The molecule has 0 aromatic heterocycles. The third-order valence-electron chi connectivity index (χ3n) is 7.13. The van der Waals surface area contributed by atoms with E-state index in [1.165, 1.54) is 17.7 Å². The van der Waals surface area contributed by atoms with Crippen molar-refractivity contribution >= 4 is 23.2 Å². The van der Waals surface area contributed by atoms with E-state index in [9.17, 15) is 14.9 Å². The van der Waals surface area contributed by atoms with Gasteiger partial charge in [0.1, 0.15) is 5.54 Å². The molecule has 6 nitrogen and oxygen atoms in total. The van der Waals surface area contributed by atoms with Crippen LogP contribution in [-0.4, -0.2) is 22.3 Å². The molecule has 1 aliphatic rings. The van der Waals surface area contributed by atoms with Crippen LogP contribution in [0.3, 0.4) is 0 Å². The van der Waals surface area contributed by atoms with Gasteiger partial charge in [0.2, 0.25) is 0 Å². The molecule has 0 radical (unpaired) electrons. The van der Waals surface area contributed by atoms with Crippen LogP contribution in [0.25, 0.3) is 0 Å². The summed E-state index contributed by atoms with van der Waals surface area (Å²) in [5.74, 6) is -0.121. The summed E-state index contributed by atoms with van der Waals surface area (Å²) in [6, 6.07) is 29.7. The number of rotatable bonds is 9. The van der Waals surface area contributed by atoms with Gasteiger partial charge >= 0.3 is 0 Å². The average molecular weight is 527 g/mol. The van der Waals surface area contributed by atoms with Crippen molar-refractivity contribution in [3.05, 3.63) is 146 Å². The Balaban J connectivity index is 1.55. The van der Waals surface area contributed by atoms with Crippen LogP contribution in [0.15, 0.2) is 97.1 Å². The van der Waals surface area contributed by atoms with Gasteiger partial charge in [-0.05, 0) is 52.4 Å². The number of fused-ring (bicyclic) bond motifs is 1. The van der Waals surface area contributed by atoms with Gasteiger partial charge in [-0.25, -0.2) is 0 Å². The number of halogens is 1. The number of amides is 1. The Morgan fingerprint density at radius 1 is 0.868 bits per heavy atom. The minimum atomic E-state index is -0.913. The second-order valence-electron chi connectivity index (χ2n) is 9.39. The van der Waals surface area contributed by atoms with Crippen LogP contribution in [0.1, 0.15) is 45.1 Å². The third-order valence-corrected chi connectivity index (χ3v) is 7.38. The highest BCUT2D eigenvalue weighted by atomic mass is 35.5. The number of carbonyl (C=O) groups excluding carboxylic acids is 1. The van der Waals surface area contributed by atoms with Gasteiger partial charge in [-0.1, -0.05) is 85.3 Å². The van der Waals surface area contributed by atoms with Gasteiger partial charge in [0.05, 0.1) is 18.1 Å². The standard InChI is InChI=1S/C31H27ClN2O4/c1-2-22-7-9-24(10-8-22)20-38-21-31(25-13-15-26(32)16-14-25)29-6-4-3-5-28(29)30(35)33(31)19-23-11-17-27(18-12-23)34(36)37/h3-18H,2,19-21H2,1H3. The van der Waals surface area contributed by atoms with E-state index in [-0.39, 0.29) is 24.7 Å². The van der Waals surface area contributed by atoms with Gasteiger partial charge < -0.3 is 9.64 Å². The lowest BCUT2D eigenvalue weighted by Crippen LogP contribution is -2.47. The monoisotopic (exact) mass is 526 g/mol. The maximum Gasteiger partial charge on any atom is 0.269 e. The summed E-state index contributed by atoms with van der Waals surface area (Å²) < 4.78 is 6.37. The number of hydrogen-bond donors (Lipinski definition) is 0. The molecule has 4 aromatic carbocycles. The first-order valence-electron chi connectivity index (χ1n) is 12.5. The largest absolute Gasteiger partial charge is 0.374 e. The number of nitro benzene ring substituents is 1. The number of nitro groups is 1. The molecule has 1 atom stereocenters. The first-order valence-corrected chi connectivity index (χ1v) is 12.9. The zero-order valence-corrected chi connectivity index (χ0v) is 21.7. The fraction of sp³-hybridized carbons (Fsp3) is 0.194. The molecule has 1 amide bonds. The minimum Gasteiger partial charge on any atom is -0.374 e. The molecule has 1 aliphatic heterocycles. The summed E-state index contributed by atoms with van der Waals surface area (Å²) in [4.78, 5) is 26.4. The number of nitrogens with zero attached hydrogens (tertiary/aromatic N) is 2. The molecule has 1 unspecified atom stereocenters. The fourth-order valence-corrected chi connectivity index (χ4v) is 5.20. The highest BCUT2D eigenvalue weighted by Crippen LogP contribution is 2.46. The van der Waals surface area contributed by atoms with Gasteiger partial charge in [0.25, 0.3) is 11.6 Å². The van der Waals surface area contributed by atoms with Crippen LogP contribution in [0.5, 0.6) is 0 Å². The quantitative estimate of drug-likeness (QED) is 0.175. The molecule has 5 rings (SSSR count). The number of benzene rings is 4. The summed E-state index contributed by atoms with van der Waals surface area (Å²) >= 11 is 6.24. The summed E-state index contributed by atoms with van der Waals surface area (Å²) in [7, 11) is 0. The smallest absolute Gasteiger partial charge is 0.269 e. The molecule has 4 aromatic rings. The normalized spacial score (nSPS) is 16.5. The Kier molecular flexibility index (Phi) is 7.27. The average Bonchev–Trinajstić information content (AvgIpc) is 3.18. The van der Waals surface area contributed by atoms with Crippen LogP contribution >= 0.6 is 11.6 Å².